The van der Waals surface area contributed by atoms with Gasteiger partial charge in [0.25, 0.3) is 5.69 Å². The van der Waals surface area contributed by atoms with Crippen molar-refractivity contribution in [1.29, 1.82) is 0 Å². The highest BCUT2D eigenvalue weighted by Crippen LogP contribution is 2.38. The number of nitro groups is 1. The van der Waals surface area contributed by atoms with Crippen LogP contribution in [0, 0.1) is 10.1 Å². The molecule has 0 radical (unpaired) electrons. The maximum atomic E-state index is 10.9. The Morgan fingerprint density at radius 2 is 1.79 bits per heavy atom. The molecule has 156 valence electrons. The zero-order valence-corrected chi connectivity index (χ0v) is 17.1. The van der Waals surface area contributed by atoms with Crippen molar-refractivity contribution in [1.82, 2.24) is 4.90 Å². The zero-order chi connectivity index (χ0) is 21.6. The van der Waals surface area contributed by atoms with Gasteiger partial charge >= 0.3 is 11.9 Å². The molecule has 1 saturated heterocycles. The number of nitro benzene ring substituents is 1. The maximum absolute atomic E-state index is 10.9. The molecule has 9 heteroatoms. The van der Waals surface area contributed by atoms with Gasteiger partial charge < -0.3 is 15.1 Å². The van der Waals surface area contributed by atoms with Gasteiger partial charge in [-0.2, -0.15) is 0 Å². The smallest absolute Gasteiger partial charge is 0.328 e. The highest BCUT2D eigenvalue weighted by Gasteiger charge is 2.24. The third kappa shape index (κ3) is 6.37. The average molecular weight is 420 g/mol. The van der Waals surface area contributed by atoms with Crippen LogP contribution in [0.1, 0.15) is 38.2 Å². The van der Waals surface area contributed by atoms with Crippen LogP contribution < -0.4 is 0 Å². The number of carbonyl (C=O) groups is 2. The van der Waals surface area contributed by atoms with Crippen LogP contribution in [0.2, 0.25) is 0 Å². The van der Waals surface area contributed by atoms with Crippen LogP contribution in [0.3, 0.4) is 0 Å². The first-order chi connectivity index (χ1) is 13.7. The minimum atomic E-state index is -1.26. The zero-order valence-electron chi connectivity index (χ0n) is 16.3. The number of nitrogens with zero attached hydrogens (tertiary/aromatic N) is 2. The quantitative estimate of drug-likeness (QED) is 0.424. The summed E-state index contributed by atoms with van der Waals surface area (Å²) < 4.78 is 1.03. The number of benzene rings is 1. The van der Waals surface area contributed by atoms with Gasteiger partial charge in [0.2, 0.25) is 0 Å². The fourth-order valence-electron chi connectivity index (χ4n) is 3.34. The summed E-state index contributed by atoms with van der Waals surface area (Å²) in [7, 11) is 0. The fraction of sp³-hybridized carbons (Fsp3) is 0.400. The highest BCUT2D eigenvalue weighted by atomic mass is 32.1. The van der Waals surface area contributed by atoms with Crippen molar-refractivity contribution < 1.29 is 24.7 Å². The molecular formula is C20H24N2O6S. The lowest BCUT2D eigenvalue weighted by atomic mass is 9.89. The first-order valence-electron chi connectivity index (χ1n) is 9.22. The second-order valence-corrected chi connectivity index (χ2v) is 7.95. The minimum Gasteiger partial charge on any atom is -0.478 e. The van der Waals surface area contributed by atoms with Gasteiger partial charge in [-0.15, -0.1) is 11.3 Å². The molecule has 3 rings (SSSR count). The van der Waals surface area contributed by atoms with Crippen LogP contribution in [-0.4, -0.2) is 51.1 Å². The number of hydrogen-bond donors (Lipinski definition) is 2. The van der Waals surface area contributed by atoms with E-state index in [2.05, 4.69) is 24.1 Å². The van der Waals surface area contributed by atoms with E-state index in [0.717, 1.165) is 17.8 Å². The molecule has 29 heavy (non-hydrogen) atoms. The van der Waals surface area contributed by atoms with Crippen LogP contribution in [0.15, 0.2) is 35.7 Å². The molecule has 2 aromatic rings. The maximum Gasteiger partial charge on any atom is 0.328 e. The lowest BCUT2D eigenvalue weighted by Crippen LogP contribution is -2.37. The van der Waals surface area contributed by atoms with E-state index in [4.69, 9.17) is 10.2 Å². The SMILES string of the molecule is CC(C)N1CCC(c2csc3cc([N+](=O)[O-])ccc23)CC1.O=C(O)C=CC(=O)O. The molecule has 0 amide bonds. The molecule has 0 spiro atoms. The summed E-state index contributed by atoms with van der Waals surface area (Å²) in [4.78, 5) is 32.2. The van der Waals surface area contributed by atoms with Crippen molar-refractivity contribution >= 4 is 39.0 Å². The van der Waals surface area contributed by atoms with Crippen LogP contribution in [0.5, 0.6) is 0 Å². The van der Waals surface area contributed by atoms with Gasteiger partial charge in [-0.25, -0.2) is 9.59 Å². The molecule has 1 aromatic carbocycles. The fourth-order valence-corrected chi connectivity index (χ4v) is 4.41. The molecule has 2 heterocycles. The summed E-state index contributed by atoms with van der Waals surface area (Å²) >= 11 is 1.63. The Hall–Kier alpha value is -2.78. The molecule has 1 aliphatic heterocycles. The van der Waals surface area contributed by atoms with Crippen molar-refractivity contribution in [2.75, 3.05) is 13.1 Å². The van der Waals surface area contributed by atoms with E-state index in [1.807, 2.05) is 6.07 Å². The molecule has 8 nitrogen and oxygen atoms in total. The molecule has 1 fully saturated rings. The van der Waals surface area contributed by atoms with Crippen LogP contribution in [-0.2, 0) is 9.59 Å². The number of carboxylic acid groups (broad SMARTS) is 2. The first kappa shape index (κ1) is 22.5. The predicted octanol–water partition coefficient (Wildman–Crippen LogP) is 4.11. The summed E-state index contributed by atoms with van der Waals surface area (Å²) in [6.45, 7) is 6.79. The molecule has 1 aliphatic rings. The molecule has 0 aliphatic carbocycles. The number of carboxylic acids is 2. The second kappa shape index (κ2) is 10.1. The molecular weight excluding hydrogens is 396 g/mol. The van der Waals surface area contributed by atoms with Crippen molar-refractivity contribution in [3.63, 3.8) is 0 Å². The number of hydrogen-bond acceptors (Lipinski definition) is 6. The number of rotatable bonds is 5. The molecule has 0 bridgehead atoms. The lowest BCUT2D eigenvalue weighted by Gasteiger charge is -2.34. The van der Waals surface area contributed by atoms with Gasteiger partial charge in [0, 0.05) is 35.0 Å². The second-order valence-electron chi connectivity index (χ2n) is 7.04. The third-order valence-corrected chi connectivity index (χ3v) is 5.83. The van der Waals surface area contributed by atoms with E-state index in [9.17, 15) is 19.7 Å². The van der Waals surface area contributed by atoms with Crippen LogP contribution >= 0.6 is 11.3 Å². The van der Waals surface area contributed by atoms with Gasteiger partial charge in [0.15, 0.2) is 0 Å². The van der Waals surface area contributed by atoms with Gasteiger partial charge in [0.1, 0.15) is 0 Å². The third-order valence-electron chi connectivity index (χ3n) is 4.87. The molecule has 0 unspecified atom stereocenters. The normalized spacial score (nSPS) is 15.4. The predicted molar refractivity (Wildman–Crippen MR) is 112 cm³/mol. The molecule has 2 N–H and O–H groups in total. The number of likely N-dealkylation sites (tertiary alicyclic amines) is 1. The number of non-ortho nitro benzene ring substituents is 1. The Bertz CT molecular complexity index is 897. The van der Waals surface area contributed by atoms with Gasteiger partial charge in [-0.1, -0.05) is 0 Å². The van der Waals surface area contributed by atoms with E-state index in [-0.39, 0.29) is 10.6 Å². The summed E-state index contributed by atoms with van der Waals surface area (Å²) in [5.41, 5.74) is 1.57. The Balaban J connectivity index is 0.000000321. The number of thiophene rings is 1. The molecule has 0 saturated carbocycles. The standard InChI is InChI=1S/C16H20N2O2S.C4H4O4/c1-11(2)17-7-5-12(6-8-17)15-10-21-16-9-13(18(19)20)3-4-14(15)16;5-3(6)1-2-4(7)8/h3-4,9-12H,5-8H2,1-2H3;1-2H,(H,5,6)(H,7,8). The summed E-state index contributed by atoms with van der Waals surface area (Å²) in [6.07, 6.45) is 3.48. The van der Waals surface area contributed by atoms with Gasteiger partial charge in [0.05, 0.1) is 4.92 Å². The van der Waals surface area contributed by atoms with E-state index in [1.54, 1.807) is 23.5 Å². The largest absolute Gasteiger partial charge is 0.478 e. The summed E-state index contributed by atoms with van der Waals surface area (Å²) in [5, 5.41) is 29.9. The number of piperidine rings is 1. The Labute approximate surface area is 172 Å². The van der Waals surface area contributed by atoms with Crippen LogP contribution in [0.4, 0.5) is 5.69 Å². The van der Waals surface area contributed by atoms with E-state index < -0.39 is 11.9 Å². The summed E-state index contributed by atoms with van der Waals surface area (Å²) in [5.74, 6) is -1.92. The number of aliphatic carboxylic acids is 2. The highest BCUT2D eigenvalue weighted by molar-refractivity contribution is 7.17. The minimum absolute atomic E-state index is 0.186. The Morgan fingerprint density at radius 3 is 2.28 bits per heavy atom. The van der Waals surface area contributed by atoms with E-state index in [0.29, 0.717) is 24.1 Å². The Kier molecular flexibility index (Phi) is 7.86. The lowest BCUT2D eigenvalue weighted by molar-refractivity contribution is -0.384. The Morgan fingerprint density at radius 1 is 1.21 bits per heavy atom. The van der Waals surface area contributed by atoms with Crippen molar-refractivity contribution in [2.45, 2.75) is 38.6 Å². The van der Waals surface area contributed by atoms with E-state index in [1.165, 1.54) is 23.8 Å². The number of fused-ring (bicyclic) bond motifs is 1. The van der Waals surface area contributed by atoms with Gasteiger partial charge in [-0.05, 0) is 68.1 Å². The van der Waals surface area contributed by atoms with E-state index >= 15 is 0 Å². The monoisotopic (exact) mass is 420 g/mol. The topological polar surface area (TPSA) is 121 Å². The molecule has 0 atom stereocenters. The van der Waals surface area contributed by atoms with Crippen molar-refractivity contribution in [3.05, 3.63) is 51.4 Å². The van der Waals surface area contributed by atoms with Crippen molar-refractivity contribution in [3.8, 4) is 0 Å². The summed E-state index contributed by atoms with van der Waals surface area (Å²) in [6, 6.07) is 5.87. The average Bonchev–Trinajstić information content (AvgIpc) is 3.10. The van der Waals surface area contributed by atoms with Crippen LogP contribution in [0.25, 0.3) is 10.1 Å². The molecule has 1 aromatic heterocycles. The first-order valence-corrected chi connectivity index (χ1v) is 10.1. The van der Waals surface area contributed by atoms with Crippen molar-refractivity contribution in [2.24, 2.45) is 0 Å². The van der Waals surface area contributed by atoms with Gasteiger partial charge in [-0.3, -0.25) is 10.1 Å².